The molecule has 1 heterocycles. The summed E-state index contributed by atoms with van der Waals surface area (Å²) in [5.41, 5.74) is 2.15. The first-order chi connectivity index (χ1) is 9.13. The van der Waals surface area contributed by atoms with Crippen molar-refractivity contribution in [3.05, 3.63) is 36.0 Å². The van der Waals surface area contributed by atoms with E-state index >= 15 is 0 Å². The van der Waals surface area contributed by atoms with Gasteiger partial charge in [0.05, 0.1) is 6.20 Å². The van der Waals surface area contributed by atoms with Crippen LogP contribution in [-0.2, 0) is 0 Å². The highest BCUT2D eigenvalue weighted by atomic mass is 15.3. The second-order valence-corrected chi connectivity index (χ2v) is 4.93. The summed E-state index contributed by atoms with van der Waals surface area (Å²) in [4.78, 5) is 4.37. The third-order valence-corrected chi connectivity index (χ3v) is 2.52. The van der Waals surface area contributed by atoms with Crippen molar-refractivity contribution in [2.45, 2.75) is 20.8 Å². The van der Waals surface area contributed by atoms with E-state index in [1.54, 1.807) is 6.20 Å². The van der Waals surface area contributed by atoms with Gasteiger partial charge in [0, 0.05) is 12.2 Å². The molecule has 0 aliphatic carbocycles. The molecule has 0 fully saturated rings. The second kappa shape index (κ2) is 6.13. The fourth-order valence-electron chi connectivity index (χ4n) is 1.60. The number of hydrogen-bond donors (Lipinski definition) is 2. The molecule has 0 bridgehead atoms. The Bertz CT molecular complexity index is 539. The van der Waals surface area contributed by atoms with Crippen molar-refractivity contribution in [3.8, 4) is 0 Å². The Kier molecular flexibility index (Phi) is 4.28. The van der Waals surface area contributed by atoms with E-state index in [1.807, 2.05) is 31.2 Å². The van der Waals surface area contributed by atoms with E-state index in [1.165, 1.54) is 5.56 Å². The molecule has 1 aromatic heterocycles. The third-order valence-electron chi connectivity index (χ3n) is 2.52. The van der Waals surface area contributed by atoms with Gasteiger partial charge in [-0.05, 0) is 30.5 Å². The van der Waals surface area contributed by atoms with E-state index in [-0.39, 0.29) is 0 Å². The molecule has 2 rings (SSSR count). The van der Waals surface area contributed by atoms with Crippen molar-refractivity contribution in [2.75, 3.05) is 17.2 Å². The van der Waals surface area contributed by atoms with E-state index in [0.717, 1.165) is 18.1 Å². The summed E-state index contributed by atoms with van der Waals surface area (Å²) in [7, 11) is 0. The predicted molar refractivity (Wildman–Crippen MR) is 77.6 cm³/mol. The molecule has 0 atom stereocenters. The van der Waals surface area contributed by atoms with Crippen molar-refractivity contribution in [1.29, 1.82) is 0 Å². The second-order valence-electron chi connectivity index (χ2n) is 4.93. The molecular weight excluding hydrogens is 238 g/mol. The lowest BCUT2D eigenvalue weighted by molar-refractivity contribution is 0.686. The maximum atomic E-state index is 4.37. The fourth-order valence-corrected chi connectivity index (χ4v) is 1.60. The molecule has 0 unspecified atom stereocenters. The molecule has 0 amide bonds. The summed E-state index contributed by atoms with van der Waals surface area (Å²) in [6.45, 7) is 7.20. The minimum Gasteiger partial charge on any atom is -0.368 e. The van der Waals surface area contributed by atoms with Crippen LogP contribution in [0.3, 0.4) is 0 Å². The zero-order valence-corrected chi connectivity index (χ0v) is 11.5. The van der Waals surface area contributed by atoms with Crippen LogP contribution in [-0.4, -0.2) is 21.7 Å². The highest BCUT2D eigenvalue weighted by Crippen LogP contribution is 2.14. The molecule has 5 nitrogen and oxygen atoms in total. The molecule has 0 radical (unpaired) electrons. The first kappa shape index (κ1) is 13.3. The largest absolute Gasteiger partial charge is 0.368 e. The van der Waals surface area contributed by atoms with Crippen LogP contribution >= 0.6 is 0 Å². The van der Waals surface area contributed by atoms with Gasteiger partial charge in [0.1, 0.15) is 0 Å². The van der Waals surface area contributed by atoms with Gasteiger partial charge in [-0.2, -0.15) is 10.1 Å². The summed E-state index contributed by atoms with van der Waals surface area (Å²) in [6, 6.07) is 8.05. The average Bonchev–Trinajstić information content (AvgIpc) is 2.37. The number of anilines is 3. The minimum atomic E-state index is 0.499. The van der Waals surface area contributed by atoms with Crippen LogP contribution in [0.1, 0.15) is 19.4 Å². The zero-order valence-electron chi connectivity index (χ0n) is 11.5. The van der Waals surface area contributed by atoms with Crippen LogP contribution in [0.2, 0.25) is 0 Å². The quantitative estimate of drug-likeness (QED) is 0.862. The summed E-state index contributed by atoms with van der Waals surface area (Å²) in [5.74, 6) is 1.79. The molecule has 0 saturated carbocycles. The Hall–Kier alpha value is -2.17. The molecule has 5 heteroatoms. The van der Waals surface area contributed by atoms with Gasteiger partial charge < -0.3 is 10.6 Å². The monoisotopic (exact) mass is 257 g/mol. The SMILES string of the molecule is Cc1cccc(Nc2nncc(NCC(C)C)n2)c1. The summed E-state index contributed by atoms with van der Waals surface area (Å²) in [6.07, 6.45) is 1.63. The molecule has 19 heavy (non-hydrogen) atoms. The summed E-state index contributed by atoms with van der Waals surface area (Å²) >= 11 is 0. The van der Waals surface area contributed by atoms with Crippen molar-refractivity contribution >= 4 is 17.5 Å². The standard InChI is InChI=1S/C14H19N5/c1-10(2)8-15-13-9-16-19-14(18-13)17-12-6-4-5-11(3)7-12/h4-7,9-10H,8H2,1-3H3,(H2,15,17,18,19). The van der Waals surface area contributed by atoms with Gasteiger partial charge in [-0.25, -0.2) is 0 Å². The number of rotatable bonds is 5. The average molecular weight is 257 g/mol. The highest BCUT2D eigenvalue weighted by molar-refractivity contribution is 5.54. The minimum absolute atomic E-state index is 0.499. The summed E-state index contributed by atoms with van der Waals surface area (Å²) in [5, 5.41) is 14.3. The molecule has 0 aliphatic heterocycles. The van der Waals surface area contributed by atoms with E-state index < -0.39 is 0 Å². The Morgan fingerprint density at radius 3 is 2.84 bits per heavy atom. The van der Waals surface area contributed by atoms with Crippen molar-refractivity contribution in [3.63, 3.8) is 0 Å². The van der Waals surface area contributed by atoms with Crippen LogP contribution in [0, 0.1) is 12.8 Å². The predicted octanol–water partition coefficient (Wildman–Crippen LogP) is 2.99. The van der Waals surface area contributed by atoms with Crippen LogP contribution in [0.15, 0.2) is 30.5 Å². The van der Waals surface area contributed by atoms with Crippen LogP contribution in [0.25, 0.3) is 0 Å². The highest BCUT2D eigenvalue weighted by Gasteiger charge is 2.02. The molecule has 100 valence electrons. The first-order valence-corrected chi connectivity index (χ1v) is 6.41. The number of nitrogens with one attached hydrogen (secondary N) is 2. The fraction of sp³-hybridized carbons (Fsp3) is 0.357. The molecular formula is C14H19N5. The van der Waals surface area contributed by atoms with Crippen LogP contribution in [0.5, 0.6) is 0 Å². The van der Waals surface area contributed by atoms with Crippen LogP contribution < -0.4 is 10.6 Å². The third kappa shape index (κ3) is 4.21. The van der Waals surface area contributed by atoms with Gasteiger partial charge in [0.15, 0.2) is 5.82 Å². The number of aromatic nitrogens is 3. The lowest BCUT2D eigenvalue weighted by atomic mass is 10.2. The van der Waals surface area contributed by atoms with Gasteiger partial charge >= 0.3 is 0 Å². The molecule has 2 N–H and O–H groups in total. The molecule has 0 saturated heterocycles. The van der Waals surface area contributed by atoms with Gasteiger partial charge in [-0.15, -0.1) is 5.10 Å². The number of aryl methyl sites for hydroxylation is 1. The van der Waals surface area contributed by atoms with Crippen molar-refractivity contribution in [2.24, 2.45) is 5.92 Å². The lowest BCUT2D eigenvalue weighted by Gasteiger charge is -2.09. The zero-order chi connectivity index (χ0) is 13.7. The van der Waals surface area contributed by atoms with Gasteiger partial charge in [0.25, 0.3) is 0 Å². The summed E-state index contributed by atoms with van der Waals surface area (Å²) < 4.78 is 0. The number of nitrogens with zero attached hydrogens (tertiary/aromatic N) is 3. The maximum Gasteiger partial charge on any atom is 0.249 e. The lowest BCUT2D eigenvalue weighted by Crippen LogP contribution is -2.10. The number of hydrogen-bond acceptors (Lipinski definition) is 5. The maximum absolute atomic E-state index is 4.37. The first-order valence-electron chi connectivity index (χ1n) is 6.41. The number of benzene rings is 1. The molecule has 1 aromatic carbocycles. The van der Waals surface area contributed by atoms with Gasteiger partial charge in [0.2, 0.25) is 5.95 Å². The Morgan fingerprint density at radius 2 is 2.11 bits per heavy atom. The molecule has 0 aliphatic rings. The van der Waals surface area contributed by atoms with Crippen LogP contribution in [0.4, 0.5) is 17.5 Å². The van der Waals surface area contributed by atoms with Crippen molar-refractivity contribution < 1.29 is 0 Å². The van der Waals surface area contributed by atoms with Crippen molar-refractivity contribution in [1.82, 2.24) is 15.2 Å². The van der Waals surface area contributed by atoms with Gasteiger partial charge in [-0.3, -0.25) is 0 Å². The Balaban J connectivity index is 2.06. The molecule has 0 spiro atoms. The smallest absolute Gasteiger partial charge is 0.249 e. The Morgan fingerprint density at radius 1 is 1.26 bits per heavy atom. The van der Waals surface area contributed by atoms with E-state index in [0.29, 0.717) is 11.9 Å². The van der Waals surface area contributed by atoms with E-state index in [4.69, 9.17) is 0 Å². The van der Waals surface area contributed by atoms with Gasteiger partial charge in [-0.1, -0.05) is 26.0 Å². The topological polar surface area (TPSA) is 62.7 Å². The van der Waals surface area contributed by atoms with E-state index in [9.17, 15) is 0 Å². The van der Waals surface area contributed by atoms with E-state index in [2.05, 4.69) is 39.7 Å². The normalized spacial score (nSPS) is 10.5. The molecule has 2 aromatic rings. The Labute approximate surface area is 113 Å².